The second kappa shape index (κ2) is 7.40. The number of amides is 1. The van der Waals surface area contributed by atoms with Crippen molar-refractivity contribution in [2.45, 2.75) is 19.6 Å². The normalized spacial score (nSPS) is 16.4. The van der Waals surface area contributed by atoms with E-state index in [2.05, 4.69) is 0 Å². The predicted octanol–water partition coefficient (Wildman–Crippen LogP) is 2.83. The summed E-state index contributed by atoms with van der Waals surface area (Å²) < 4.78 is 31.4. The standard InChI is InChI=1S/C19H21ClN2O4S/c1-13-4-6-14(7-5-13)11-21(2)19(23)18-12-22(27(3,24)25)16-10-15(20)8-9-17(16)26-18/h4-10,18H,11-12H2,1-3H3/t18-/m0/s1. The first-order valence-electron chi connectivity index (χ1n) is 8.39. The molecule has 6 nitrogen and oxygen atoms in total. The first-order chi connectivity index (χ1) is 12.6. The zero-order valence-corrected chi connectivity index (χ0v) is 16.9. The quantitative estimate of drug-likeness (QED) is 0.780. The van der Waals surface area contributed by atoms with E-state index in [4.69, 9.17) is 16.3 Å². The highest BCUT2D eigenvalue weighted by molar-refractivity contribution is 7.92. The molecule has 0 aliphatic carbocycles. The second-order valence-corrected chi connectivity index (χ2v) is 9.04. The molecule has 2 aromatic carbocycles. The average Bonchev–Trinajstić information content (AvgIpc) is 2.61. The highest BCUT2D eigenvalue weighted by Gasteiger charge is 2.36. The number of ether oxygens (including phenoxy) is 1. The van der Waals surface area contributed by atoms with Crippen molar-refractivity contribution in [3.63, 3.8) is 0 Å². The summed E-state index contributed by atoms with van der Waals surface area (Å²) in [6.45, 7) is 2.31. The number of likely N-dealkylation sites (N-methyl/N-ethyl adjacent to an activating group) is 1. The predicted molar refractivity (Wildman–Crippen MR) is 106 cm³/mol. The van der Waals surface area contributed by atoms with Gasteiger partial charge in [0.2, 0.25) is 10.0 Å². The fraction of sp³-hybridized carbons (Fsp3) is 0.316. The SMILES string of the molecule is Cc1ccc(CN(C)C(=O)[C@@H]2CN(S(C)(=O)=O)c3cc(Cl)ccc3O2)cc1. The number of carbonyl (C=O) groups excluding carboxylic acids is 1. The maximum absolute atomic E-state index is 12.9. The molecule has 0 N–H and O–H groups in total. The summed E-state index contributed by atoms with van der Waals surface area (Å²) in [5, 5.41) is 0.396. The van der Waals surface area contributed by atoms with Crippen LogP contribution < -0.4 is 9.04 Å². The Balaban J connectivity index is 1.83. The average molecular weight is 409 g/mol. The lowest BCUT2D eigenvalue weighted by atomic mass is 10.1. The Kier molecular flexibility index (Phi) is 5.35. The van der Waals surface area contributed by atoms with Gasteiger partial charge < -0.3 is 9.64 Å². The molecule has 27 heavy (non-hydrogen) atoms. The summed E-state index contributed by atoms with van der Waals surface area (Å²) in [6.07, 6.45) is 0.171. The van der Waals surface area contributed by atoms with Gasteiger partial charge in [-0.2, -0.15) is 0 Å². The maximum Gasteiger partial charge on any atom is 0.265 e. The molecular formula is C19H21ClN2O4S. The summed E-state index contributed by atoms with van der Waals surface area (Å²) in [4.78, 5) is 14.4. The van der Waals surface area contributed by atoms with Crippen LogP contribution in [-0.2, 0) is 21.4 Å². The van der Waals surface area contributed by atoms with Crippen LogP contribution in [0.25, 0.3) is 0 Å². The van der Waals surface area contributed by atoms with E-state index in [1.54, 1.807) is 19.2 Å². The van der Waals surface area contributed by atoms with Gasteiger partial charge in [0.15, 0.2) is 6.10 Å². The van der Waals surface area contributed by atoms with Crippen molar-refractivity contribution in [3.05, 3.63) is 58.6 Å². The largest absolute Gasteiger partial charge is 0.476 e. The third-order valence-corrected chi connectivity index (χ3v) is 5.76. The van der Waals surface area contributed by atoms with Crippen LogP contribution in [-0.4, -0.2) is 45.2 Å². The topological polar surface area (TPSA) is 66.9 Å². The van der Waals surface area contributed by atoms with E-state index >= 15 is 0 Å². The van der Waals surface area contributed by atoms with Crippen molar-refractivity contribution in [3.8, 4) is 5.75 Å². The number of fused-ring (bicyclic) bond motifs is 1. The minimum absolute atomic E-state index is 0.0940. The zero-order chi connectivity index (χ0) is 19.8. The van der Waals surface area contributed by atoms with Crippen molar-refractivity contribution in [2.24, 2.45) is 0 Å². The second-order valence-electron chi connectivity index (χ2n) is 6.69. The lowest BCUT2D eigenvalue weighted by molar-refractivity contribution is -0.137. The summed E-state index contributed by atoms with van der Waals surface area (Å²) in [7, 11) is -1.91. The first kappa shape index (κ1) is 19.5. The Morgan fingerprint density at radius 2 is 1.93 bits per heavy atom. The third-order valence-electron chi connectivity index (χ3n) is 4.38. The van der Waals surface area contributed by atoms with Crippen molar-refractivity contribution >= 4 is 33.2 Å². The number of hydrogen-bond donors (Lipinski definition) is 0. The molecule has 0 saturated carbocycles. The minimum atomic E-state index is -3.59. The molecule has 2 aromatic rings. The van der Waals surface area contributed by atoms with Gasteiger partial charge >= 0.3 is 0 Å². The fourth-order valence-electron chi connectivity index (χ4n) is 2.96. The molecule has 0 bridgehead atoms. The first-order valence-corrected chi connectivity index (χ1v) is 10.6. The molecule has 0 saturated heterocycles. The molecule has 0 radical (unpaired) electrons. The van der Waals surface area contributed by atoms with Crippen LogP contribution in [0.2, 0.25) is 5.02 Å². The molecule has 1 heterocycles. The molecule has 144 valence electrons. The maximum atomic E-state index is 12.9. The molecule has 1 aliphatic heterocycles. The molecule has 1 aliphatic rings. The highest BCUT2D eigenvalue weighted by Crippen LogP contribution is 2.37. The van der Waals surface area contributed by atoms with Crippen LogP contribution in [0.15, 0.2) is 42.5 Å². The molecule has 0 fully saturated rings. The highest BCUT2D eigenvalue weighted by atomic mass is 35.5. The van der Waals surface area contributed by atoms with Gasteiger partial charge in [0.25, 0.3) is 5.91 Å². The van der Waals surface area contributed by atoms with Crippen molar-refractivity contribution in [2.75, 3.05) is 24.2 Å². The van der Waals surface area contributed by atoms with E-state index in [1.807, 2.05) is 31.2 Å². The smallest absolute Gasteiger partial charge is 0.265 e. The number of nitrogens with zero attached hydrogens (tertiary/aromatic N) is 2. The molecular weight excluding hydrogens is 388 g/mol. The van der Waals surface area contributed by atoms with Gasteiger partial charge in [0.1, 0.15) is 5.75 Å². The van der Waals surface area contributed by atoms with E-state index in [0.717, 1.165) is 17.4 Å². The van der Waals surface area contributed by atoms with Crippen LogP contribution >= 0.6 is 11.6 Å². The van der Waals surface area contributed by atoms with Crippen LogP contribution in [0.5, 0.6) is 5.75 Å². The molecule has 3 rings (SSSR count). The lowest BCUT2D eigenvalue weighted by Gasteiger charge is -2.35. The van der Waals surface area contributed by atoms with Crippen LogP contribution in [0.1, 0.15) is 11.1 Å². The Morgan fingerprint density at radius 1 is 1.26 bits per heavy atom. The summed E-state index contributed by atoms with van der Waals surface area (Å²) in [5.74, 6) is 0.0305. The fourth-order valence-corrected chi connectivity index (χ4v) is 4.03. The van der Waals surface area contributed by atoms with Gasteiger partial charge in [0, 0.05) is 18.6 Å². The number of hydrogen-bond acceptors (Lipinski definition) is 4. The van der Waals surface area contributed by atoms with E-state index in [0.29, 0.717) is 23.0 Å². The summed E-state index contributed by atoms with van der Waals surface area (Å²) in [5.41, 5.74) is 2.47. The van der Waals surface area contributed by atoms with Gasteiger partial charge in [-0.15, -0.1) is 0 Å². The van der Waals surface area contributed by atoms with Crippen LogP contribution in [0.4, 0.5) is 5.69 Å². The molecule has 1 atom stereocenters. The number of aryl methyl sites for hydroxylation is 1. The van der Waals surface area contributed by atoms with Gasteiger partial charge in [0.05, 0.1) is 18.5 Å². The number of rotatable bonds is 4. The number of anilines is 1. The summed E-state index contributed by atoms with van der Waals surface area (Å²) in [6, 6.07) is 12.6. The molecule has 8 heteroatoms. The summed E-state index contributed by atoms with van der Waals surface area (Å²) >= 11 is 5.99. The Labute approximate surface area is 164 Å². The van der Waals surface area contributed by atoms with Gasteiger partial charge in [-0.1, -0.05) is 41.4 Å². The van der Waals surface area contributed by atoms with Crippen molar-refractivity contribution < 1.29 is 17.9 Å². The molecule has 0 spiro atoms. The van der Waals surface area contributed by atoms with E-state index < -0.39 is 16.1 Å². The van der Waals surface area contributed by atoms with Crippen molar-refractivity contribution in [1.82, 2.24) is 4.90 Å². The monoisotopic (exact) mass is 408 g/mol. The van der Waals surface area contributed by atoms with Gasteiger partial charge in [-0.05, 0) is 30.7 Å². The number of benzene rings is 2. The van der Waals surface area contributed by atoms with Gasteiger partial charge in [-0.25, -0.2) is 8.42 Å². The zero-order valence-electron chi connectivity index (χ0n) is 15.3. The number of carbonyl (C=O) groups is 1. The Bertz CT molecular complexity index is 960. The molecule has 1 amide bonds. The third kappa shape index (κ3) is 4.36. The minimum Gasteiger partial charge on any atom is -0.476 e. The van der Waals surface area contributed by atoms with Gasteiger partial charge in [-0.3, -0.25) is 9.10 Å². The Hall–Kier alpha value is -2.25. The molecule has 0 aromatic heterocycles. The van der Waals surface area contributed by atoms with Crippen LogP contribution in [0.3, 0.4) is 0 Å². The Morgan fingerprint density at radius 3 is 2.56 bits per heavy atom. The van der Waals surface area contributed by atoms with Crippen molar-refractivity contribution in [1.29, 1.82) is 0 Å². The van der Waals surface area contributed by atoms with E-state index in [1.165, 1.54) is 15.3 Å². The van der Waals surface area contributed by atoms with E-state index in [9.17, 15) is 13.2 Å². The van der Waals surface area contributed by atoms with E-state index in [-0.39, 0.29) is 12.5 Å². The number of sulfonamides is 1. The number of halogens is 1. The van der Waals surface area contributed by atoms with Crippen LogP contribution in [0, 0.1) is 6.92 Å². The lowest BCUT2D eigenvalue weighted by Crippen LogP contribution is -2.50. The molecule has 0 unspecified atom stereocenters.